The van der Waals surface area contributed by atoms with Gasteiger partial charge in [-0.25, -0.2) is 4.39 Å². The lowest BCUT2D eigenvalue weighted by molar-refractivity contribution is -0.00539. The molecule has 1 saturated heterocycles. The van der Waals surface area contributed by atoms with E-state index >= 15 is 0 Å². The van der Waals surface area contributed by atoms with Crippen molar-refractivity contribution in [1.29, 1.82) is 0 Å². The third-order valence-corrected chi connectivity index (χ3v) is 3.32. The lowest BCUT2D eigenvalue weighted by atomic mass is 10.1. The molecule has 4 heteroatoms. The second-order valence-electron chi connectivity index (χ2n) is 5.03. The summed E-state index contributed by atoms with van der Waals surface area (Å²) >= 11 is 0. The maximum absolute atomic E-state index is 14.1. The molecule has 0 radical (unpaired) electrons. The number of morpholine rings is 1. The molecule has 0 spiro atoms. The van der Waals surface area contributed by atoms with Crippen molar-refractivity contribution in [3.05, 3.63) is 23.5 Å². The van der Waals surface area contributed by atoms with Crippen LogP contribution in [0, 0.1) is 12.7 Å². The van der Waals surface area contributed by atoms with Crippen LogP contribution in [0.15, 0.2) is 12.1 Å². The van der Waals surface area contributed by atoms with Gasteiger partial charge in [-0.1, -0.05) is 0 Å². The molecule has 3 nitrogen and oxygen atoms in total. The number of anilines is 2. The molecule has 0 bridgehead atoms. The lowest BCUT2D eigenvalue weighted by Gasteiger charge is -2.37. The number of nitrogens with one attached hydrogen (secondary N) is 1. The Labute approximate surface area is 108 Å². The molecule has 2 atom stereocenters. The Kier molecular flexibility index (Phi) is 3.76. The summed E-state index contributed by atoms with van der Waals surface area (Å²) in [6.45, 7) is 7.51. The van der Waals surface area contributed by atoms with Gasteiger partial charge >= 0.3 is 0 Å². The van der Waals surface area contributed by atoms with Crippen molar-refractivity contribution in [3.8, 4) is 0 Å². The molecule has 1 aliphatic heterocycles. The van der Waals surface area contributed by atoms with Crippen molar-refractivity contribution in [2.24, 2.45) is 0 Å². The largest absolute Gasteiger partial charge is 0.388 e. The minimum absolute atomic E-state index is 0.137. The van der Waals surface area contributed by atoms with Crippen LogP contribution in [-0.4, -0.2) is 32.3 Å². The molecule has 1 heterocycles. The summed E-state index contributed by atoms with van der Waals surface area (Å²) in [5.74, 6) is -0.175. The van der Waals surface area contributed by atoms with E-state index in [-0.39, 0.29) is 18.0 Å². The topological polar surface area (TPSA) is 24.5 Å². The molecular weight excluding hydrogens is 231 g/mol. The molecule has 2 unspecified atom stereocenters. The van der Waals surface area contributed by atoms with E-state index in [4.69, 9.17) is 4.74 Å². The first kappa shape index (κ1) is 13.1. The van der Waals surface area contributed by atoms with Crippen LogP contribution in [0.2, 0.25) is 0 Å². The number of benzene rings is 1. The molecule has 1 aromatic rings. The van der Waals surface area contributed by atoms with Gasteiger partial charge in [0.05, 0.1) is 17.9 Å². The fourth-order valence-electron chi connectivity index (χ4n) is 2.55. The van der Waals surface area contributed by atoms with Gasteiger partial charge in [-0.3, -0.25) is 0 Å². The van der Waals surface area contributed by atoms with Crippen LogP contribution >= 0.6 is 0 Å². The first-order valence-electron chi connectivity index (χ1n) is 6.39. The summed E-state index contributed by atoms with van der Waals surface area (Å²) < 4.78 is 19.8. The summed E-state index contributed by atoms with van der Waals surface area (Å²) in [4.78, 5) is 2.07. The first-order valence-corrected chi connectivity index (χ1v) is 6.39. The van der Waals surface area contributed by atoms with Crippen molar-refractivity contribution < 1.29 is 9.13 Å². The summed E-state index contributed by atoms with van der Waals surface area (Å²) in [6.07, 6.45) is 0.273. The van der Waals surface area contributed by atoms with Crippen LogP contribution in [0.5, 0.6) is 0 Å². The summed E-state index contributed by atoms with van der Waals surface area (Å²) in [6, 6.07) is 3.47. The number of rotatable bonds is 2. The average Bonchev–Trinajstić information content (AvgIpc) is 2.30. The Morgan fingerprint density at radius 1 is 1.28 bits per heavy atom. The molecular formula is C14H21FN2O. The smallest absolute Gasteiger partial charge is 0.148 e. The monoisotopic (exact) mass is 252 g/mol. The minimum Gasteiger partial charge on any atom is -0.388 e. The highest BCUT2D eigenvalue weighted by Crippen LogP contribution is 2.28. The van der Waals surface area contributed by atoms with Crippen molar-refractivity contribution in [3.63, 3.8) is 0 Å². The molecule has 2 rings (SSSR count). The van der Waals surface area contributed by atoms with Crippen LogP contribution < -0.4 is 10.2 Å². The number of hydrogen-bond acceptors (Lipinski definition) is 3. The molecule has 18 heavy (non-hydrogen) atoms. The molecule has 0 amide bonds. The minimum atomic E-state index is -0.175. The third kappa shape index (κ3) is 2.58. The normalized spacial score (nSPS) is 24.2. The fourth-order valence-corrected chi connectivity index (χ4v) is 2.55. The quantitative estimate of drug-likeness (QED) is 0.876. The molecule has 0 aliphatic carbocycles. The highest BCUT2D eigenvalue weighted by Gasteiger charge is 2.24. The van der Waals surface area contributed by atoms with Crippen LogP contribution in [0.1, 0.15) is 19.4 Å². The van der Waals surface area contributed by atoms with E-state index in [1.807, 2.05) is 26.8 Å². The number of ether oxygens (including phenoxy) is 1. The first-order chi connectivity index (χ1) is 8.51. The van der Waals surface area contributed by atoms with E-state index in [9.17, 15) is 4.39 Å². The lowest BCUT2D eigenvalue weighted by Crippen LogP contribution is -2.45. The maximum atomic E-state index is 14.1. The SMILES string of the molecule is CNc1cc(F)c(N2CC(C)OC(C)C2)cc1C. The van der Waals surface area contributed by atoms with Gasteiger partial charge in [0.1, 0.15) is 5.82 Å². The molecule has 1 N–H and O–H groups in total. The molecule has 0 aromatic heterocycles. The zero-order chi connectivity index (χ0) is 13.3. The number of hydrogen-bond donors (Lipinski definition) is 1. The Bertz CT molecular complexity index is 426. The molecule has 100 valence electrons. The zero-order valence-corrected chi connectivity index (χ0v) is 11.5. The van der Waals surface area contributed by atoms with E-state index in [1.165, 1.54) is 0 Å². The fraction of sp³-hybridized carbons (Fsp3) is 0.571. The van der Waals surface area contributed by atoms with Crippen molar-refractivity contribution in [1.82, 2.24) is 0 Å². The predicted octanol–water partition coefficient (Wildman–Crippen LogP) is 2.79. The van der Waals surface area contributed by atoms with E-state index in [2.05, 4.69) is 10.2 Å². The number of nitrogens with zero attached hydrogens (tertiary/aromatic N) is 1. The molecule has 1 fully saturated rings. The van der Waals surface area contributed by atoms with E-state index in [1.54, 1.807) is 13.1 Å². The van der Waals surface area contributed by atoms with Crippen molar-refractivity contribution in [2.75, 3.05) is 30.4 Å². The second kappa shape index (κ2) is 5.14. The zero-order valence-electron chi connectivity index (χ0n) is 11.5. The molecule has 1 aliphatic rings. The second-order valence-corrected chi connectivity index (χ2v) is 5.03. The van der Waals surface area contributed by atoms with Crippen LogP contribution in [-0.2, 0) is 4.74 Å². The van der Waals surface area contributed by atoms with Gasteiger partial charge in [0, 0.05) is 25.8 Å². The number of aryl methyl sites for hydroxylation is 1. The van der Waals surface area contributed by atoms with Gasteiger partial charge in [-0.2, -0.15) is 0 Å². The maximum Gasteiger partial charge on any atom is 0.148 e. The van der Waals surface area contributed by atoms with E-state index < -0.39 is 0 Å². The van der Waals surface area contributed by atoms with Gasteiger partial charge in [0.25, 0.3) is 0 Å². The van der Waals surface area contributed by atoms with Crippen LogP contribution in [0.4, 0.5) is 15.8 Å². The Balaban J connectivity index is 2.30. The summed E-state index contributed by atoms with van der Waals surface area (Å²) in [5.41, 5.74) is 2.57. The standard InChI is InChI=1S/C14H21FN2O/c1-9-5-14(12(15)6-13(9)16-4)17-7-10(2)18-11(3)8-17/h5-6,10-11,16H,7-8H2,1-4H3. The molecule has 0 saturated carbocycles. The Hall–Kier alpha value is -1.29. The number of halogens is 1. The highest BCUT2D eigenvalue weighted by molar-refractivity contribution is 5.61. The molecule has 1 aromatic carbocycles. The summed E-state index contributed by atoms with van der Waals surface area (Å²) in [5, 5.41) is 3.00. The highest BCUT2D eigenvalue weighted by atomic mass is 19.1. The van der Waals surface area contributed by atoms with Crippen LogP contribution in [0.3, 0.4) is 0 Å². The van der Waals surface area contributed by atoms with Crippen molar-refractivity contribution in [2.45, 2.75) is 33.0 Å². The van der Waals surface area contributed by atoms with E-state index in [0.29, 0.717) is 5.69 Å². The van der Waals surface area contributed by atoms with Gasteiger partial charge < -0.3 is 15.0 Å². The van der Waals surface area contributed by atoms with Gasteiger partial charge in [0.15, 0.2) is 0 Å². The van der Waals surface area contributed by atoms with Crippen LogP contribution in [0.25, 0.3) is 0 Å². The van der Waals surface area contributed by atoms with Crippen molar-refractivity contribution >= 4 is 11.4 Å². The third-order valence-electron chi connectivity index (χ3n) is 3.32. The predicted molar refractivity (Wildman–Crippen MR) is 72.9 cm³/mol. The average molecular weight is 252 g/mol. The van der Waals surface area contributed by atoms with Gasteiger partial charge in [0.2, 0.25) is 0 Å². The van der Waals surface area contributed by atoms with Gasteiger partial charge in [-0.05, 0) is 38.5 Å². The Morgan fingerprint density at radius 3 is 2.44 bits per heavy atom. The van der Waals surface area contributed by atoms with E-state index in [0.717, 1.165) is 24.3 Å². The van der Waals surface area contributed by atoms with Gasteiger partial charge in [-0.15, -0.1) is 0 Å². The Morgan fingerprint density at radius 2 is 1.89 bits per heavy atom. The summed E-state index contributed by atoms with van der Waals surface area (Å²) in [7, 11) is 1.81.